The number of nitrogen functional groups attached to an aromatic ring is 1. The first-order valence-corrected chi connectivity index (χ1v) is 5.45. The van der Waals surface area contributed by atoms with Crippen molar-refractivity contribution in [2.45, 2.75) is 33.2 Å². The molecule has 1 unspecified atom stereocenters. The van der Waals surface area contributed by atoms with Crippen molar-refractivity contribution in [2.24, 2.45) is 0 Å². The van der Waals surface area contributed by atoms with Crippen molar-refractivity contribution in [2.75, 3.05) is 5.73 Å². The first-order valence-electron chi connectivity index (χ1n) is 4.65. The smallest absolute Gasteiger partial charge is 0.265 e. The van der Waals surface area contributed by atoms with E-state index in [9.17, 15) is 4.79 Å². The Balaban J connectivity index is 3.41. The second kappa shape index (κ2) is 4.17. The van der Waals surface area contributed by atoms with E-state index >= 15 is 0 Å². The van der Waals surface area contributed by atoms with Crippen molar-refractivity contribution in [1.82, 2.24) is 4.57 Å². The monoisotopic (exact) mass is 258 g/mol. The SMILES string of the molecule is CCC(C)n1cc(N)c(C)c(Br)c1=O. The van der Waals surface area contributed by atoms with E-state index in [1.54, 1.807) is 10.8 Å². The van der Waals surface area contributed by atoms with Crippen LogP contribution in [0.1, 0.15) is 31.9 Å². The average molecular weight is 259 g/mol. The number of hydrogen-bond acceptors (Lipinski definition) is 2. The van der Waals surface area contributed by atoms with E-state index in [0.717, 1.165) is 12.0 Å². The van der Waals surface area contributed by atoms with Gasteiger partial charge in [0, 0.05) is 12.2 Å². The molecule has 0 saturated carbocycles. The van der Waals surface area contributed by atoms with Gasteiger partial charge >= 0.3 is 0 Å². The van der Waals surface area contributed by atoms with Crippen LogP contribution in [-0.4, -0.2) is 4.57 Å². The van der Waals surface area contributed by atoms with Gasteiger partial charge in [-0.1, -0.05) is 6.92 Å². The molecule has 0 amide bonds. The number of rotatable bonds is 2. The lowest BCUT2D eigenvalue weighted by Crippen LogP contribution is -2.24. The minimum absolute atomic E-state index is 0.00829. The molecular weight excluding hydrogens is 244 g/mol. The number of anilines is 1. The van der Waals surface area contributed by atoms with Crippen LogP contribution in [-0.2, 0) is 0 Å². The number of nitrogens with two attached hydrogens (primary N) is 1. The predicted octanol–water partition coefficient (Wildman–Crippen LogP) is 2.47. The van der Waals surface area contributed by atoms with Gasteiger partial charge in [-0.05, 0) is 41.8 Å². The van der Waals surface area contributed by atoms with Crippen molar-refractivity contribution in [3.8, 4) is 0 Å². The third-order valence-corrected chi connectivity index (χ3v) is 3.46. The molecule has 0 spiro atoms. The van der Waals surface area contributed by atoms with Crippen LogP contribution in [0, 0.1) is 6.92 Å². The zero-order valence-corrected chi connectivity index (χ0v) is 10.3. The minimum Gasteiger partial charge on any atom is -0.397 e. The summed E-state index contributed by atoms with van der Waals surface area (Å²) in [6.07, 6.45) is 2.63. The van der Waals surface area contributed by atoms with Gasteiger partial charge in [0.15, 0.2) is 0 Å². The highest BCUT2D eigenvalue weighted by Crippen LogP contribution is 2.19. The zero-order chi connectivity index (χ0) is 10.9. The van der Waals surface area contributed by atoms with E-state index in [-0.39, 0.29) is 11.6 Å². The van der Waals surface area contributed by atoms with E-state index in [0.29, 0.717) is 10.2 Å². The molecule has 4 heteroatoms. The van der Waals surface area contributed by atoms with Gasteiger partial charge in [-0.3, -0.25) is 4.79 Å². The Bertz CT molecular complexity index is 398. The Hall–Kier alpha value is -0.770. The summed E-state index contributed by atoms with van der Waals surface area (Å²) in [6.45, 7) is 5.88. The Morgan fingerprint density at radius 2 is 2.21 bits per heavy atom. The molecule has 1 aromatic heterocycles. The van der Waals surface area contributed by atoms with Crippen molar-refractivity contribution in [3.05, 3.63) is 26.6 Å². The quantitative estimate of drug-likeness (QED) is 0.886. The first-order chi connectivity index (χ1) is 6.49. The maximum Gasteiger partial charge on any atom is 0.265 e. The number of halogens is 1. The van der Waals surface area contributed by atoms with Crippen molar-refractivity contribution in [1.29, 1.82) is 0 Å². The van der Waals surface area contributed by atoms with E-state index < -0.39 is 0 Å². The maximum absolute atomic E-state index is 11.8. The topological polar surface area (TPSA) is 48.0 Å². The van der Waals surface area contributed by atoms with E-state index in [1.165, 1.54) is 0 Å². The summed E-state index contributed by atoms with van der Waals surface area (Å²) in [6, 6.07) is 0.182. The third kappa shape index (κ3) is 1.85. The molecule has 1 atom stereocenters. The van der Waals surface area contributed by atoms with Crippen LogP contribution < -0.4 is 11.3 Å². The molecule has 0 radical (unpaired) electrons. The molecular formula is C10H15BrN2O. The molecule has 0 aromatic carbocycles. The highest BCUT2D eigenvalue weighted by Gasteiger charge is 2.11. The standard InChI is InChI=1S/C10H15BrN2O/c1-4-6(2)13-5-8(12)7(3)9(11)10(13)14/h5-6H,4,12H2,1-3H3. The lowest BCUT2D eigenvalue weighted by molar-refractivity contribution is 0.513. The molecule has 78 valence electrons. The minimum atomic E-state index is -0.00829. The molecule has 14 heavy (non-hydrogen) atoms. The molecule has 0 aliphatic heterocycles. The highest BCUT2D eigenvalue weighted by atomic mass is 79.9. The van der Waals surface area contributed by atoms with E-state index in [4.69, 9.17) is 5.73 Å². The molecule has 0 aliphatic carbocycles. The molecule has 1 aromatic rings. The summed E-state index contributed by atoms with van der Waals surface area (Å²) in [7, 11) is 0. The molecule has 0 saturated heterocycles. The van der Waals surface area contributed by atoms with Crippen molar-refractivity contribution >= 4 is 21.6 Å². The van der Waals surface area contributed by atoms with Gasteiger partial charge in [0.25, 0.3) is 5.56 Å². The Morgan fingerprint density at radius 1 is 1.64 bits per heavy atom. The summed E-state index contributed by atoms with van der Waals surface area (Å²) in [4.78, 5) is 11.8. The fourth-order valence-corrected chi connectivity index (χ4v) is 1.66. The number of hydrogen-bond donors (Lipinski definition) is 1. The first kappa shape index (κ1) is 11.3. The lowest BCUT2D eigenvalue weighted by atomic mass is 10.2. The normalized spacial score (nSPS) is 12.9. The maximum atomic E-state index is 11.8. The molecule has 0 fully saturated rings. The molecule has 1 heterocycles. The summed E-state index contributed by atoms with van der Waals surface area (Å²) >= 11 is 3.26. The van der Waals surface area contributed by atoms with Gasteiger partial charge in [-0.15, -0.1) is 0 Å². The zero-order valence-electron chi connectivity index (χ0n) is 8.67. The second-order valence-electron chi connectivity index (χ2n) is 3.49. The Kier molecular flexibility index (Phi) is 3.37. The van der Waals surface area contributed by atoms with Gasteiger partial charge in [0.05, 0.1) is 10.2 Å². The van der Waals surface area contributed by atoms with Crippen LogP contribution in [0.15, 0.2) is 15.5 Å². The van der Waals surface area contributed by atoms with Crippen LogP contribution in [0.3, 0.4) is 0 Å². The van der Waals surface area contributed by atoms with E-state index in [2.05, 4.69) is 15.9 Å². The van der Waals surface area contributed by atoms with Crippen LogP contribution >= 0.6 is 15.9 Å². The van der Waals surface area contributed by atoms with Gasteiger partial charge in [-0.25, -0.2) is 0 Å². The van der Waals surface area contributed by atoms with Crippen molar-refractivity contribution in [3.63, 3.8) is 0 Å². The summed E-state index contributed by atoms with van der Waals surface area (Å²) in [5, 5.41) is 0. The van der Waals surface area contributed by atoms with Crippen molar-refractivity contribution < 1.29 is 0 Å². The molecule has 0 aliphatic rings. The van der Waals surface area contributed by atoms with Gasteiger partial charge in [-0.2, -0.15) is 0 Å². The molecule has 0 bridgehead atoms. The fraction of sp³-hybridized carbons (Fsp3) is 0.500. The molecule has 3 nitrogen and oxygen atoms in total. The second-order valence-corrected chi connectivity index (χ2v) is 4.29. The van der Waals surface area contributed by atoms with Crippen LogP contribution in [0.4, 0.5) is 5.69 Å². The van der Waals surface area contributed by atoms with Crippen LogP contribution in [0.2, 0.25) is 0 Å². The number of aromatic nitrogens is 1. The average Bonchev–Trinajstić information content (AvgIpc) is 2.19. The fourth-order valence-electron chi connectivity index (χ4n) is 1.23. The summed E-state index contributed by atoms with van der Waals surface area (Å²) in [5.41, 5.74) is 7.25. The number of nitrogens with zero attached hydrogens (tertiary/aromatic N) is 1. The van der Waals surface area contributed by atoms with Gasteiger partial charge in [0.1, 0.15) is 0 Å². The Morgan fingerprint density at radius 3 is 2.71 bits per heavy atom. The summed E-state index contributed by atoms with van der Waals surface area (Å²) in [5.74, 6) is 0. The Labute approximate surface area is 92.1 Å². The lowest BCUT2D eigenvalue weighted by Gasteiger charge is -2.15. The van der Waals surface area contributed by atoms with Crippen LogP contribution in [0.5, 0.6) is 0 Å². The molecule has 2 N–H and O–H groups in total. The number of pyridine rings is 1. The highest BCUT2D eigenvalue weighted by molar-refractivity contribution is 9.10. The van der Waals surface area contributed by atoms with Crippen LogP contribution in [0.25, 0.3) is 0 Å². The summed E-state index contributed by atoms with van der Waals surface area (Å²) < 4.78 is 2.24. The largest absolute Gasteiger partial charge is 0.397 e. The predicted molar refractivity (Wildman–Crippen MR) is 62.6 cm³/mol. The van der Waals surface area contributed by atoms with Gasteiger partial charge in [0.2, 0.25) is 0 Å². The molecule has 1 rings (SSSR count). The third-order valence-electron chi connectivity index (χ3n) is 2.53. The van der Waals surface area contributed by atoms with Gasteiger partial charge < -0.3 is 10.3 Å². The van der Waals surface area contributed by atoms with E-state index in [1.807, 2.05) is 20.8 Å².